The molecule has 0 aliphatic carbocycles. The van der Waals surface area contributed by atoms with E-state index in [1.54, 1.807) is 0 Å². The summed E-state index contributed by atoms with van der Waals surface area (Å²) in [6.45, 7) is 5.90. The molecule has 0 saturated carbocycles. The van der Waals surface area contributed by atoms with Crippen molar-refractivity contribution in [1.29, 1.82) is 0 Å². The lowest BCUT2D eigenvalue weighted by molar-refractivity contribution is 0.106. The van der Waals surface area contributed by atoms with Crippen molar-refractivity contribution in [2.45, 2.75) is 26.4 Å². The Balaban J connectivity index is 1.66. The van der Waals surface area contributed by atoms with Crippen molar-refractivity contribution in [1.82, 2.24) is 10.3 Å². The minimum atomic E-state index is 0.646. The van der Waals surface area contributed by atoms with E-state index in [4.69, 9.17) is 4.74 Å². The average Bonchev–Trinajstić information content (AvgIpc) is 2.79. The molecule has 0 radical (unpaired) electrons. The minimum Gasteiger partial charge on any atom is -0.375 e. The molecule has 1 aliphatic rings. The fraction of sp³-hybridized carbons (Fsp3) is 0.615. The van der Waals surface area contributed by atoms with Crippen molar-refractivity contribution >= 4 is 0 Å². The van der Waals surface area contributed by atoms with E-state index in [9.17, 15) is 0 Å². The molecule has 88 valence electrons. The fourth-order valence-electron chi connectivity index (χ4n) is 2.05. The van der Waals surface area contributed by atoms with Gasteiger partial charge in [0, 0.05) is 12.8 Å². The lowest BCUT2D eigenvalue weighted by Crippen LogP contribution is -2.11. The zero-order chi connectivity index (χ0) is 11.2. The Labute approximate surface area is 97.2 Å². The number of aromatic nitrogens is 1. The normalized spacial score (nSPS) is 20.2. The average molecular weight is 220 g/mol. The molecule has 1 atom stereocenters. The monoisotopic (exact) mass is 220 g/mol. The van der Waals surface area contributed by atoms with Gasteiger partial charge in [-0.1, -0.05) is 6.07 Å². The Kier molecular flexibility index (Phi) is 4.31. The molecule has 0 spiro atoms. The number of hydrogen-bond acceptors (Lipinski definition) is 3. The summed E-state index contributed by atoms with van der Waals surface area (Å²) in [4.78, 5) is 4.31. The molecule has 2 heterocycles. The van der Waals surface area contributed by atoms with E-state index in [1.165, 1.54) is 24.9 Å². The van der Waals surface area contributed by atoms with Crippen molar-refractivity contribution in [2.75, 3.05) is 19.7 Å². The van der Waals surface area contributed by atoms with Gasteiger partial charge >= 0.3 is 0 Å². The third-order valence-electron chi connectivity index (χ3n) is 3.19. The number of nitrogens with one attached hydrogen (secondary N) is 1. The van der Waals surface area contributed by atoms with E-state index in [2.05, 4.69) is 23.3 Å². The van der Waals surface area contributed by atoms with Crippen molar-refractivity contribution in [3.63, 3.8) is 0 Å². The summed E-state index contributed by atoms with van der Waals surface area (Å²) < 4.78 is 5.67. The Morgan fingerprint density at radius 3 is 3.25 bits per heavy atom. The molecule has 1 unspecified atom stereocenters. The van der Waals surface area contributed by atoms with Gasteiger partial charge < -0.3 is 10.1 Å². The Bertz CT molecular complexity index is 321. The second kappa shape index (κ2) is 5.97. The molecule has 0 bridgehead atoms. The number of pyridine rings is 1. The summed E-state index contributed by atoms with van der Waals surface area (Å²) >= 11 is 0. The first-order chi connectivity index (χ1) is 7.86. The molecular formula is C13H20N2O. The number of ether oxygens (including phenoxy) is 1. The molecule has 3 nitrogen and oxygen atoms in total. The molecule has 0 aromatic carbocycles. The first kappa shape index (κ1) is 11.6. The third-order valence-corrected chi connectivity index (χ3v) is 3.19. The quantitative estimate of drug-likeness (QED) is 0.770. The van der Waals surface area contributed by atoms with Crippen LogP contribution < -0.4 is 5.32 Å². The van der Waals surface area contributed by atoms with Gasteiger partial charge in [-0.2, -0.15) is 0 Å². The Morgan fingerprint density at radius 2 is 2.50 bits per heavy atom. The van der Waals surface area contributed by atoms with Crippen LogP contribution >= 0.6 is 0 Å². The maximum Gasteiger partial charge on any atom is 0.0890 e. The molecule has 1 saturated heterocycles. The first-order valence-electron chi connectivity index (χ1n) is 6.05. The van der Waals surface area contributed by atoms with Gasteiger partial charge in [0.25, 0.3) is 0 Å². The van der Waals surface area contributed by atoms with Gasteiger partial charge in [-0.25, -0.2) is 0 Å². The zero-order valence-corrected chi connectivity index (χ0v) is 9.91. The molecule has 16 heavy (non-hydrogen) atoms. The highest BCUT2D eigenvalue weighted by Crippen LogP contribution is 2.12. The van der Waals surface area contributed by atoms with Crippen LogP contribution in [0.25, 0.3) is 0 Å². The highest BCUT2D eigenvalue weighted by Gasteiger charge is 2.13. The second-order valence-electron chi connectivity index (χ2n) is 4.47. The summed E-state index contributed by atoms with van der Waals surface area (Å²) in [6, 6.07) is 4.04. The van der Waals surface area contributed by atoms with Crippen molar-refractivity contribution in [3.8, 4) is 0 Å². The van der Waals surface area contributed by atoms with Gasteiger partial charge in [-0.05, 0) is 50.4 Å². The topological polar surface area (TPSA) is 34.1 Å². The van der Waals surface area contributed by atoms with Crippen molar-refractivity contribution < 1.29 is 4.74 Å². The van der Waals surface area contributed by atoms with Gasteiger partial charge in [-0.15, -0.1) is 0 Å². The lowest BCUT2D eigenvalue weighted by atomic mass is 10.1. The van der Waals surface area contributed by atoms with E-state index in [-0.39, 0.29) is 0 Å². The van der Waals surface area contributed by atoms with E-state index < -0.39 is 0 Å². The second-order valence-corrected chi connectivity index (χ2v) is 4.47. The maximum atomic E-state index is 5.67. The van der Waals surface area contributed by atoms with Crippen LogP contribution in [0.2, 0.25) is 0 Å². The van der Waals surface area contributed by atoms with Crippen LogP contribution in [-0.4, -0.2) is 24.7 Å². The molecule has 2 rings (SSSR count). The van der Waals surface area contributed by atoms with Gasteiger partial charge in [0.05, 0.1) is 12.3 Å². The maximum absolute atomic E-state index is 5.67. The smallest absolute Gasteiger partial charge is 0.0890 e. The molecule has 0 amide bonds. The van der Waals surface area contributed by atoms with Crippen LogP contribution in [0.3, 0.4) is 0 Å². The van der Waals surface area contributed by atoms with Crippen LogP contribution in [0.1, 0.15) is 24.1 Å². The van der Waals surface area contributed by atoms with Crippen molar-refractivity contribution in [3.05, 3.63) is 29.6 Å². The number of rotatable bonds is 5. The Hall–Kier alpha value is -0.930. The molecule has 1 aromatic rings. The van der Waals surface area contributed by atoms with Gasteiger partial charge in [0.15, 0.2) is 0 Å². The number of hydrogen-bond donors (Lipinski definition) is 1. The summed E-state index contributed by atoms with van der Waals surface area (Å²) in [7, 11) is 0. The summed E-state index contributed by atoms with van der Waals surface area (Å²) in [6.07, 6.45) is 4.29. The SMILES string of the molecule is Cc1cccnc1COCCC1CCNC1. The molecule has 1 N–H and O–H groups in total. The van der Waals surface area contributed by atoms with Gasteiger partial charge in [0.1, 0.15) is 0 Å². The lowest BCUT2D eigenvalue weighted by Gasteiger charge is -2.09. The van der Waals surface area contributed by atoms with E-state index in [0.717, 1.165) is 24.8 Å². The van der Waals surface area contributed by atoms with Gasteiger partial charge in [-0.3, -0.25) is 4.98 Å². The van der Waals surface area contributed by atoms with Crippen LogP contribution in [0.15, 0.2) is 18.3 Å². The van der Waals surface area contributed by atoms with E-state index in [1.807, 2.05) is 12.3 Å². The number of nitrogens with zero attached hydrogens (tertiary/aromatic N) is 1. The highest BCUT2D eigenvalue weighted by atomic mass is 16.5. The number of aryl methyl sites for hydroxylation is 1. The largest absolute Gasteiger partial charge is 0.375 e. The summed E-state index contributed by atoms with van der Waals surface area (Å²) in [5, 5.41) is 3.37. The molecular weight excluding hydrogens is 200 g/mol. The van der Waals surface area contributed by atoms with Crippen LogP contribution in [0.4, 0.5) is 0 Å². The predicted molar refractivity (Wildman–Crippen MR) is 64.2 cm³/mol. The molecule has 3 heteroatoms. The zero-order valence-electron chi connectivity index (χ0n) is 9.91. The van der Waals surface area contributed by atoms with Crippen LogP contribution in [0, 0.1) is 12.8 Å². The van der Waals surface area contributed by atoms with Crippen molar-refractivity contribution in [2.24, 2.45) is 5.92 Å². The molecule has 1 aliphatic heterocycles. The molecule has 1 fully saturated rings. The highest BCUT2D eigenvalue weighted by molar-refractivity contribution is 5.16. The van der Waals surface area contributed by atoms with Crippen LogP contribution in [0.5, 0.6) is 0 Å². The summed E-state index contributed by atoms with van der Waals surface area (Å²) in [5.41, 5.74) is 2.28. The molecule has 1 aromatic heterocycles. The fourth-order valence-corrected chi connectivity index (χ4v) is 2.05. The van der Waals surface area contributed by atoms with E-state index in [0.29, 0.717) is 6.61 Å². The minimum absolute atomic E-state index is 0.646. The van der Waals surface area contributed by atoms with Crippen LogP contribution in [-0.2, 0) is 11.3 Å². The first-order valence-corrected chi connectivity index (χ1v) is 6.05. The predicted octanol–water partition coefficient (Wildman–Crippen LogP) is 1.91. The Morgan fingerprint density at radius 1 is 1.56 bits per heavy atom. The summed E-state index contributed by atoms with van der Waals surface area (Å²) in [5.74, 6) is 0.810. The third kappa shape index (κ3) is 3.29. The van der Waals surface area contributed by atoms with Gasteiger partial charge in [0.2, 0.25) is 0 Å². The standard InChI is InChI=1S/C13H20N2O/c1-11-3-2-6-15-13(11)10-16-8-5-12-4-7-14-9-12/h2-3,6,12,14H,4-5,7-10H2,1H3. The van der Waals surface area contributed by atoms with E-state index >= 15 is 0 Å².